The van der Waals surface area contributed by atoms with E-state index in [1.807, 2.05) is 6.20 Å². The molecule has 1 unspecified atom stereocenters. The monoisotopic (exact) mass is 673 g/mol. The summed E-state index contributed by atoms with van der Waals surface area (Å²) in [4.78, 5) is 65.9. The second kappa shape index (κ2) is 12.0. The third kappa shape index (κ3) is 5.49. The molecule has 13 nitrogen and oxygen atoms in total. The first-order chi connectivity index (χ1) is 24.3. The molecule has 5 heterocycles. The third-order valence-corrected chi connectivity index (χ3v) is 11.0. The summed E-state index contributed by atoms with van der Waals surface area (Å²) in [6.07, 6.45) is 8.54. The number of hydrogen-bond donors (Lipinski definition) is 2. The quantitative estimate of drug-likeness (QED) is 0.266. The van der Waals surface area contributed by atoms with Gasteiger partial charge in [0.1, 0.15) is 6.04 Å². The number of hydrogen-bond acceptors (Lipinski definition) is 10. The normalized spacial score (nSPS) is 24.1. The highest BCUT2D eigenvalue weighted by Crippen LogP contribution is 2.45. The zero-order chi connectivity index (χ0) is 34.1. The van der Waals surface area contributed by atoms with Crippen molar-refractivity contribution in [3.63, 3.8) is 0 Å². The zero-order valence-electron chi connectivity index (χ0n) is 28.0. The molecular formula is C37H39N9O4. The van der Waals surface area contributed by atoms with Crippen molar-refractivity contribution in [1.82, 2.24) is 34.9 Å². The summed E-state index contributed by atoms with van der Waals surface area (Å²) in [5, 5.41) is 10.8. The molecule has 1 atom stereocenters. The standard InChI is InChI=1S/C37H39N9O4/c1-43-10-12-44(13-11-43)24-5-7-29-30(17-24)39-19-31(40-29)28-20-45(42-34(28)22-2-3-22)25-14-21(15-25)18-38-23-4-6-26-27(16-23)37(50)46(36(26)49)32-8-9-33(47)41-35(32)48/h4-7,16-17,19-22,25,32,38H,2-3,8-15,18H2,1H3,(H,41,47,48)/t21-,25-,32?. The topological polar surface area (TPSA) is 146 Å². The van der Waals surface area contributed by atoms with Gasteiger partial charge in [-0.15, -0.1) is 0 Å². The van der Waals surface area contributed by atoms with E-state index in [1.165, 1.54) is 5.69 Å². The van der Waals surface area contributed by atoms with Crippen LogP contribution in [-0.4, -0.2) is 99.0 Å². The SMILES string of the molecule is CN1CCN(c2ccc3nc(-c4cn([C@H]5C[C@H](CNc6ccc7c(c6)C(=O)N(C6CCC(=O)NC6=O)C7=O)C5)nc4C4CC4)cnc3c2)CC1. The van der Waals surface area contributed by atoms with Gasteiger partial charge in [-0.25, -0.2) is 4.98 Å². The number of piperazine rings is 1. The summed E-state index contributed by atoms with van der Waals surface area (Å²) < 4.78 is 2.13. The number of anilines is 2. The van der Waals surface area contributed by atoms with Crippen LogP contribution in [0.2, 0.25) is 0 Å². The van der Waals surface area contributed by atoms with Crippen LogP contribution in [0.4, 0.5) is 11.4 Å². The van der Waals surface area contributed by atoms with Gasteiger partial charge in [-0.1, -0.05) is 0 Å². The summed E-state index contributed by atoms with van der Waals surface area (Å²) >= 11 is 0. The van der Waals surface area contributed by atoms with E-state index in [0.29, 0.717) is 17.9 Å². The van der Waals surface area contributed by atoms with E-state index in [9.17, 15) is 19.2 Å². The fourth-order valence-electron chi connectivity index (χ4n) is 7.76. The van der Waals surface area contributed by atoms with Gasteiger partial charge in [-0.2, -0.15) is 5.10 Å². The molecule has 5 aliphatic rings. The number of likely N-dealkylation sites (N-methyl/N-ethyl adjacent to an activating group) is 1. The van der Waals surface area contributed by atoms with Gasteiger partial charge < -0.3 is 15.1 Å². The number of benzene rings is 2. The smallest absolute Gasteiger partial charge is 0.262 e. The molecule has 2 aromatic heterocycles. The molecular weight excluding hydrogens is 634 g/mol. The first-order valence-electron chi connectivity index (χ1n) is 17.7. The lowest BCUT2D eigenvalue weighted by atomic mass is 9.80. The van der Waals surface area contributed by atoms with Crippen molar-refractivity contribution in [2.45, 2.75) is 56.5 Å². The number of imide groups is 2. The van der Waals surface area contributed by atoms with Crippen LogP contribution in [0.25, 0.3) is 22.3 Å². The molecule has 4 amide bonds. The molecule has 2 saturated carbocycles. The van der Waals surface area contributed by atoms with Crippen molar-refractivity contribution in [3.8, 4) is 11.3 Å². The molecule has 0 radical (unpaired) electrons. The Balaban J connectivity index is 0.847. The Kier molecular flexibility index (Phi) is 7.41. The molecule has 13 heteroatoms. The number of nitrogens with zero attached hydrogens (tertiary/aromatic N) is 7. The molecule has 256 valence electrons. The Hall–Kier alpha value is -5.17. The van der Waals surface area contributed by atoms with Crippen LogP contribution in [-0.2, 0) is 9.59 Å². The second-order valence-corrected chi connectivity index (χ2v) is 14.5. The minimum Gasteiger partial charge on any atom is -0.385 e. The third-order valence-electron chi connectivity index (χ3n) is 11.0. The maximum atomic E-state index is 13.2. The lowest BCUT2D eigenvalue weighted by Gasteiger charge is -2.35. The molecule has 3 aliphatic heterocycles. The van der Waals surface area contributed by atoms with Crippen molar-refractivity contribution in [1.29, 1.82) is 0 Å². The first kappa shape index (κ1) is 30.9. The van der Waals surface area contributed by atoms with Crippen molar-refractivity contribution in [3.05, 3.63) is 65.6 Å². The van der Waals surface area contributed by atoms with E-state index in [0.717, 1.165) is 97.0 Å². The Morgan fingerprint density at radius 3 is 2.46 bits per heavy atom. The predicted octanol–water partition coefficient (Wildman–Crippen LogP) is 3.59. The number of aromatic nitrogens is 4. The molecule has 50 heavy (non-hydrogen) atoms. The fourth-order valence-corrected chi connectivity index (χ4v) is 7.76. The van der Waals surface area contributed by atoms with Crippen LogP contribution in [0.1, 0.15) is 76.9 Å². The van der Waals surface area contributed by atoms with Crippen LogP contribution in [0.3, 0.4) is 0 Å². The maximum absolute atomic E-state index is 13.2. The minimum atomic E-state index is -0.972. The van der Waals surface area contributed by atoms with Gasteiger partial charge in [0.25, 0.3) is 11.8 Å². The number of rotatable bonds is 8. The number of carbonyl (C=O) groups excluding carboxylic acids is 4. The molecule has 2 N–H and O–H groups in total. The Labute approximate surface area is 289 Å². The van der Waals surface area contributed by atoms with Gasteiger partial charge in [-0.3, -0.25) is 39.1 Å². The van der Waals surface area contributed by atoms with Crippen LogP contribution < -0.4 is 15.5 Å². The number of carbonyl (C=O) groups is 4. The predicted molar refractivity (Wildman–Crippen MR) is 186 cm³/mol. The average molecular weight is 674 g/mol. The highest BCUT2D eigenvalue weighted by Gasteiger charge is 2.45. The highest BCUT2D eigenvalue weighted by molar-refractivity contribution is 6.23. The number of fused-ring (bicyclic) bond motifs is 2. The van der Waals surface area contributed by atoms with Gasteiger partial charge >= 0.3 is 0 Å². The zero-order valence-corrected chi connectivity index (χ0v) is 28.0. The number of nitrogens with one attached hydrogen (secondary N) is 2. The summed E-state index contributed by atoms with van der Waals surface area (Å²) in [6.45, 7) is 4.87. The molecule has 4 aromatic rings. The fraction of sp³-hybridized carbons (Fsp3) is 0.432. The first-order valence-corrected chi connectivity index (χ1v) is 17.7. The largest absolute Gasteiger partial charge is 0.385 e. The van der Waals surface area contributed by atoms with Crippen LogP contribution in [0.15, 0.2) is 48.8 Å². The Morgan fingerprint density at radius 2 is 1.68 bits per heavy atom. The molecule has 4 fully saturated rings. The minimum absolute atomic E-state index is 0.0938. The van der Waals surface area contributed by atoms with Gasteiger partial charge in [-0.05, 0) is 81.5 Å². The van der Waals surface area contributed by atoms with Crippen LogP contribution >= 0.6 is 0 Å². The van der Waals surface area contributed by atoms with Crippen molar-refractivity contribution >= 4 is 46.0 Å². The summed E-state index contributed by atoms with van der Waals surface area (Å²) in [5.74, 6) is -1.10. The van der Waals surface area contributed by atoms with Gasteiger partial charge in [0.15, 0.2) is 0 Å². The number of amides is 4. The van der Waals surface area contributed by atoms with E-state index in [2.05, 4.69) is 56.6 Å². The lowest BCUT2D eigenvalue weighted by molar-refractivity contribution is -0.136. The van der Waals surface area contributed by atoms with E-state index < -0.39 is 29.7 Å². The summed E-state index contributed by atoms with van der Waals surface area (Å²) in [7, 11) is 2.17. The van der Waals surface area contributed by atoms with Crippen LogP contribution in [0, 0.1) is 5.92 Å². The highest BCUT2D eigenvalue weighted by atomic mass is 16.2. The van der Waals surface area contributed by atoms with Crippen LogP contribution in [0.5, 0.6) is 0 Å². The number of piperidine rings is 1. The van der Waals surface area contributed by atoms with Gasteiger partial charge in [0.05, 0.1) is 45.8 Å². The van der Waals surface area contributed by atoms with Gasteiger partial charge in [0.2, 0.25) is 11.8 Å². The average Bonchev–Trinajstić information content (AvgIpc) is 3.81. The molecule has 2 saturated heterocycles. The summed E-state index contributed by atoms with van der Waals surface area (Å²) in [5.41, 5.74) is 7.38. The molecule has 0 bridgehead atoms. The van der Waals surface area contributed by atoms with Crippen molar-refractivity contribution < 1.29 is 19.2 Å². The molecule has 9 rings (SSSR count). The van der Waals surface area contributed by atoms with E-state index >= 15 is 0 Å². The second-order valence-electron chi connectivity index (χ2n) is 14.5. The maximum Gasteiger partial charge on any atom is 0.262 e. The Morgan fingerprint density at radius 1 is 0.880 bits per heavy atom. The Bertz CT molecular complexity index is 2060. The molecule has 2 aromatic carbocycles. The van der Waals surface area contributed by atoms with E-state index in [1.54, 1.807) is 18.2 Å². The lowest BCUT2D eigenvalue weighted by Crippen LogP contribution is -2.54. The van der Waals surface area contributed by atoms with Crippen molar-refractivity contribution in [2.75, 3.05) is 50.0 Å². The van der Waals surface area contributed by atoms with E-state index in [4.69, 9.17) is 15.1 Å². The summed E-state index contributed by atoms with van der Waals surface area (Å²) in [6, 6.07) is 10.9. The van der Waals surface area contributed by atoms with Crippen molar-refractivity contribution in [2.24, 2.45) is 5.92 Å². The van der Waals surface area contributed by atoms with E-state index in [-0.39, 0.29) is 24.0 Å². The molecule has 2 aliphatic carbocycles. The van der Waals surface area contributed by atoms with Gasteiger partial charge in [0, 0.05) is 68.2 Å². The molecule has 0 spiro atoms.